The summed E-state index contributed by atoms with van der Waals surface area (Å²) in [4.78, 5) is 16.2. The summed E-state index contributed by atoms with van der Waals surface area (Å²) in [6.45, 7) is 8.46. The number of aromatic nitrogens is 3. The third-order valence-electron chi connectivity index (χ3n) is 4.03. The van der Waals surface area contributed by atoms with E-state index in [0.29, 0.717) is 11.8 Å². The Kier molecular flexibility index (Phi) is 3.68. The number of amides is 1. The number of carbonyl (C=O) groups is 1. The summed E-state index contributed by atoms with van der Waals surface area (Å²) in [7, 11) is 0. The number of nitrogens with one attached hydrogen (secondary N) is 2. The molecule has 2 rings (SSSR count). The lowest BCUT2D eigenvalue weighted by Crippen LogP contribution is -2.37. The van der Waals surface area contributed by atoms with E-state index < -0.39 is 0 Å². The van der Waals surface area contributed by atoms with Gasteiger partial charge < -0.3 is 5.32 Å². The van der Waals surface area contributed by atoms with Gasteiger partial charge in [0.25, 0.3) is 5.91 Å². The first-order valence-electron chi connectivity index (χ1n) is 6.72. The summed E-state index contributed by atoms with van der Waals surface area (Å²) < 4.78 is 0. The number of carbonyl (C=O) groups excluding carboxylic acids is 1. The highest BCUT2D eigenvalue weighted by atomic mass is 16.2. The molecule has 18 heavy (non-hydrogen) atoms. The van der Waals surface area contributed by atoms with Gasteiger partial charge in [0.2, 0.25) is 5.82 Å². The van der Waals surface area contributed by atoms with Crippen molar-refractivity contribution in [3.8, 4) is 0 Å². The molecule has 5 nitrogen and oxygen atoms in total. The van der Waals surface area contributed by atoms with Crippen LogP contribution in [0.3, 0.4) is 0 Å². The number of H-pyrrole nitrogens is 1. The number of rotatable bonds is 3. The van der Waals surface area contributed by atoms with Crippen molar-refractivity contribution in [2.75, 3.05) is 0 Å². The number of aromatic amines is 1. The Hall–Kier alpha value is -1.39. The van der Waals surface area contributed by atoms with E-state index in [9.17, 15) is 4.79 Å². The van der Waals surface area contributed by atoms with Crippen LogP contribution in [0, 0.1) is 11.8 Å². The SMILES string of the molecule is CC(C)c1nc(C(=O)NC2CCC(C)C2C)n[nH]1. The van der Waals surface area contributed by atoms with Crippen molar-refractivity contribution in [1.82, 2.24) is 20.5 Å². The maximum absolute atomic E-state index is 12.0. The van der Waals surface area contributed by atoms with Crippen molar-refractivity contribution in [2.45, 2.75) is 52.5 Å². The van der Waals surface area contributed by atoms with Crippen LogP contribution < -0.4 is 5.32 Å². The molecule has 0 spiro atoms. The number of hydrogen-bond donors (Lipinski definition) is 2. The van der Waals surface area contributed by atoms with Gasteiger partial charge in [0.15, 0.2) is 0 Å². The Labute approximate surface area is 108 Å². The van der Waals surface area contributed by atoms with Crippen molar-refractivity contribution in [3.63, 3.8) is 0 Å². The van der Waals surface area contributed by atoms with Gasteiger partial charge >= 0.3 is 0 Å². The van der Waals surface area contributed by atoms with Gasteiger partial charge in [0, 0.05) is 12.0 Å². The van der Waals surface area contributed by atoms with Crippen LogP contribution in [0.4, 0.5) is 0 Å². The molecule has 1 saturated carbocycles. The first kappa shape index (κ1) is 13.1. The molecule has 1 aliphatic rings. The second kappa shape index (κ2) is 5.08. The van der Waals surface area contributed by atoms with Gasteiger partial charge in [0.05, 0.1) is 0 Å². The molecule has 2 N–H and O–H groups in total. The van der Waals surface area contributed by atoms with E-state index in [-0.39, 0.29) is 23.7 Å². The fraction of sp³-hybridized carbons (Fsp3) is 0.769. The Bertz CT molecular complexity index is 426. The van der Waals surface area contributed by atoms with E-state index >= 15 is 0 Å². The van der Waals surface area contributed by atoms with Crippen molar-refractivity contribution in [2.24, 2.45) is 11.8 Å². The van der Waals surface area contributed by atoms with Gasteiger partial charge in [-0.3, -0.25) is 9.89 Å². The van der Waals surface area contributed by atoms with Crippen LogP contribution in [-0.2, 0) is 0 Å². The summed E-state index contributed by atoms with van der Waals surface area (Å²) >= 11 is 0. The topological polar surface area (TPSA) is 70.7 Å². The molecule has 0 saturated heterocycles. The molecule has 0 aromatic carbocycles. The van der Waals surface area contributed by atoms with E-state index in [1.54, 1.807) is 0 Å². The van der Waals surface area contributed by atoms with Crippen molar-refractivity contribution >= 4 is 5.91 Å². The van der Waals surface area contributed by atoms with E-state index in [1.165, 1.54) is 6.42 Å². The van der Waals surface area contributed by atoms with Crippen LogP contribution >= 0.6 is 0 Å². The predicted octanol–water partition coefficient (Wildman–Crippen LogP) is 2.09. The highest BCUT2D eigenvalue weighted by molar-refractivity contribution is 5.90. The van der Waals surface area contributed by atoms with Crippen LogP contribution in [0.15, 0.2) is 0 Å². The van der Waals surface area contributed by atoms with Crippen LogP contribution in [0.25, 0.3) is 0 Å². The fourth-order valence-electron chi connectivity index (χ4n) is 2.44. The molecule has 1 aromatic rings. The monoisotopic (exact) mass is 250 g/mol. The first-order chi connectivity index (χ1) is 8.49. The van der Waals surface area contributed by atoms with E-state index in [1.807, 2.05) is 13.8 Å². The predicted molar refractivity (Wildman–Crippen MR) is 69.3 cm³/mol. The molecule has 1 aliphatic carbocycles. The number of nitrogens with zero attached hydrogens (tertiary/aromatic N) is 2. The summed E-state index contributed by atoms with van der Waals surface area (Å²) in [5.41, 5.74) is 0. The van der Waals surface area contributed by atoms with Crippen LogP contribution in [-0.4, -0.2) is 27.1 Å². The molecule has 0 aliphatic heterocycles. The lowest BCUT2D eigenvalue weighted by atomic mass is 9.98. The molecule has 3 atom stereocenters. The van der Waals surface area contributed by atoms with Gasteiger partial charge in [-0.25, -0.2) is 4.98 Å². The largest absolute Gasteiger partial charge is 0.346 e. The minimum absolute atomic E-state index is 0.163. The van der Waals surface area contributed by atoms with E-state index in [0.717, 1.165) is 12.2 Å². The normalized spacial score (nSPS) is 27.7. The number of hydrogen-bond acceptors (Lipinski definition) is 3. The fourth-order valence-corrected chi connectivity index (χ4v) is 2.44. The summed E-state index contributed by atoms with van der Waals surface area (Å²) in [6, 6.07) is 0.258. The van der Waals surface area contributed by atoms with Crippen LogP contribution in [0.1, 0.15) is 62.9 Å². The maximum Gasteiger partial charge on any atom is 0.291 e. The Morgan fingerprint density at radius 1 is 1.39 bits per heavy atom. The molecular weight excluding hydrogens is 228 g/mol. The molecule has 1 amide bonds. The van der Waals surface area contributed by atoms with Gasteiger partial charge in [0.1, 0.15) is 5.82 Å². The van der Waals surface area contributed by atoms with Gasteiger partial charge in [-0.2, -0.15) is 0 Å². The van der Waals surface area contributed by atoms with Crippen molar-refractivity contribution in [1.29, 1.82) is 0 Å². The highest BCUT2D eigenvalue weighted by Gasteiger charge is 2.31. The molecule has 0 radical (unpaired) electrons. The zero-order valence-electron chi connectivity index (χ0n) is 11.5. The summed E-state index contributed by atoms with van der Waals surface area (Å²) in [6.07, 6.45) is 2.23. The highest BCUT2D eigenvalue weighted by Crippen LogP contribution is 2.31. The van der Waals surface area contributed by atoms with E-state index in [4.69, 9.17) is 0 Å². The van der Waals surface area contributed by atoms with Gasteiger partial charge in [-0.05, 0) is 24.7 Å². The molecule has 1 aromatic heterocycles. The van der Waals surface area contributed by atoms with Gasteiger partial charge in [-0.15, -0.1) is 5.10 Å². The molecule has 3 unspecified atom stereocenters. The standard InChI is InChI=1S/C13H22N4O/c1-7(2)11-15-12(17-16-11)13(18)14-10-6-5-8(3)9(10)4/h7-10H,5-6H2,1-4H3,(H,14,18)(H,15,16,17). The lowest BCUT2D eigenvalue weighted by Gasteiger charge is -2.18. The van der Waals surface area contributed by atoms with Gasteiger partial charge in [-0.1, -0.05) is 27.7 Å². The molecule has 1 fully saturated rings. The second-order valence-corrected chi connectivity index (χ2v) is 5.69. The van der Waals surface area contributed by atoms with Crippen molar-refractivity contribution in [3.05, 3.63) is 11.6 Å². The van der Waals surface area contributed by atoms with E-state index in [2.05, 4.69) is 34.3 Å². The zero-order valence-corrected chi connectivity index (χ0v) is 11.5. The smallest absolute Gasteiger partial charge is 0.291 e. The quantitative estimate of drug-likeness (QED) is 0.863. The molecule has 100 valence electrons. The third kappa shape index (κ3) is 2.54. The Morgan fingerprint density at radius 2 is 2.11 bits per heavy atom. The van der Waals surface area contributed by atoms with Crippen LogP contribution in [0.5, 0.6) is 0 Å². The molecule has 0 bridgehead atoms. The molecule has 5 heteroatoms. The minimum Gasteiger partial charge on any atom is -0.346 e. The van der Waals surface area contributed by atoms with Crippen LogP contribution in [0.2, 0.25) is 0 Å². The van der Waals surface area contributed by atoms with Crippen molar-refractivity contribution < 1.29 is 4.79 Å². The Morgan fingerprint density at radius 3 is 2.61 bits per heavy atom. The molecular formula is C13H22N4O. The summed E-state index contributed by atoms with van der Waals surface area (Å²) in [5.74, 6) is 2.30. The minimum atomic E-state index is -0.163. The Balaban J connectivity index is 1.99. The third-order valence-corrected chi connectivity index (χ3v) is 4.03. The second-order valence-electron chi connectivity index (χ2n) is 5.69. The zero-order chi connectivity index (χ0) is 13.3. The average molecular weight is 250 g/mol. The average Bonchev–Trinajstić information content (AvgIpc) is 2.91. The maximum atomic E-state index is 12.0. The lowest BCUT2D eigenvalue weighted by molar-refractivity contribution is 0.0917. The molecule has 1 heterocycles. The summed E-state index contributed by atoms with van der Waals surface area (Å²) in [5, 5.41) is 9.83. The first-order valence-corrected chi connectivity index (χ1v) is 6.72.